The molecule has 0 radical (unpaired) electrons. The molecule has 0 spiro atoms. The summed E-state index contributed by atoms with van der Waals surface area (Å²) >= 11 is 0. The van der Waals surface area contributed by atoms with Crippen LogP contribution < -0.4 is 0 Å². The molecular weight excluding hydrogens is 198 g/mol. The summed E-state index contributed by atoms with van der Waals surface area (Å²) in [5.74, 6) is 0. The second-order valence-electron chi connectivity index (χ2n) is 3.92. The molecule has 16 heavy (non-hydrogen) atoms. The molecule has 0 amide bonds. The summed E-state index contributed by atoms with van der Waals surface area (Å²) < 4.78 is 0. The minimum absolute atomic E-state index is 0.922. The molecule has 0 N–H and O–H groups in total. The summed E-state index contributed by atoms with van der Waals surface area (Å²) in [4.78, 5) is 0. The molecule has 0 unspecified atom stereocenters. The Kier molecular flexibility index (Phi) is 1.31. The van der Waals surface area contributed by atoms with Crippen LogP contribution in [0.5, 0.6) is 0 Å². The van der Waals surface area contributed by atoms with E-state index in [2.05, 4.69) is 39.7 Å². The molecular formula is C13H7N3. The molecule has 1 aliphatic carbocycles. The number of nitrogens with zero attached hydrogens (tertiary/aromatic N) is 3. The Bertz CT molecular complexity index is 760. The number of hydrogen-bond acceptors (Lipinski definition) is 3. The van der Waals surface area contributed by atoms with Gasteiger partial charge in [0.05, 0.1) is 5.69 Å². The van der Waals surface area contributed by atoms with Crippen LogP contribution in [-0.4, -0.2) is 15.4 Å². The highest BCUT2D eigenvalue weighted by Crippen LogP contribution is 2.33. The zero-order valence-electron chi connectivity index (χ0n) is 8.38. The summed E-state index contributed by atoms with van der Waals surface area (Å²) in [7, 11) is 0. The topological polar surface area (TPSA) is 38.7 Å². The molecule has 0 saturated carbocycles. The van der Waals surface area contributed by atoms with Gasteiger partial charge in [-0.25, -0.2) is 0 Å². The smallest absolute Gasteiger partial charge is 0.105 e. The molecule has 74 valence electrons. The van der Waals surface area contributed by atoms with Gasteiger partial charge in [-0.05, 0) is 28.3 Å². The van der Waals surface area contributed by atoms with Crippen molar-refractivity contribution in [3.63, 3.8) is 0 Å². The van der Waals surface area contributed by atoms with Gasteiger partial charge in [0.2, 0.25) is 0 Å². The second-order valence-corrected chi connectivity index (χ2v) is 3.92. The molecule has 1 aliphatic rings. The zero-order chi connectivity index (χ0) is 10.5. The van der Waals surface area contributed by atoms with Crippen molar-refractivity contribution in [3.05, 3.63) is 41.6 Å². The van der Waals surface area contributed by atoms with Crippen LogP contribution in [0.15, 0.2) is 30.3 Å². The molecule has 1 aromatic heterocycles. The summed E-state index contributed by atoms with van der Waals surface area (Å²) in [5.41, 5.74) is 3.06. The number of aromatic nitrogens is 3. The lowest BCUT2D eigenvalue weighted by Gasteiger charge is -2.03. The molecule has 1 heterocycles. The van der Waals surface area contributed by atoms with Crippen LogP contribution in [0.3, 0.4) is 0 Å². The number of benzene rings is 2. The van der Waals surface area contributed by atoms with Crippen LogP contribution in [0.1, 0.15) is 11.3 Å². The van der Waals surface area contributed by atoms with Crippen LogP contribution >= 0.6 is 0 Å². The largest absolute Gasteiger partial charge is 0.130 e. The van der Waals surface area contributed by atoms with Gasteiger partial charge < -0.3 is 0 Å². The van der Waals surface area contributed by atoms with Gasteiger partial charge in [0.15, 0.2) is 0 Å². The normalized spacial score (nSPS) is 12.8. The summed E-state index contributed by atoms with van der Waals surface area (Å²) in [6.07, 6.45) is 4.06. The first-order valence-corrected chi connectivity index (χ1v) is 5.16. The maximum Gasteiger partial charge on any atom is 0.105 e. The lowest BCUT2D eigenvalue weighted by Crippen LogP contribution is -1.93. The van der Waals surface area contributed by atoms with E-state index in [0.29, 0.717) is 0 Å². The van der Waals surface area contributed by atoms with Crippen LogP contribution in [0.2, 0.25) is 0 Å². The van der Waals surface area contributed by atoms with Gasteiger partial charge in [-0.15, -0.1) is 10.2 Å². The van der Waals surface area contributed by atoms with E-state index in [1.165, 1.54) is 10.9 Å². The molecule has 0 aliphatic heterocycles. The minimum atomic E-state index is 0.922. The van der Waals surface area contributed by atoms with E-state index in [-0.39, 0.29) is 0 Å². The van der Waals surface area contributed by atoms with E-state index in [4.69, 9.17) is 0 Å². The third-order valence-corrected chi connectivity index (χ3v) is 3.03. The van der Waals surface area contributed by atoms with Crippen molar-refractivity contribution < 1.29 is 0 Å². The maximum atomic E-state index is 4.17. The molecule has 4 rings (SSSR count). The average Bonchev–Trinajstić information content (AvgIpc) is 2.75. The first-order chi connectivity index (χ1) is 7.93. The van der Waals surface area contributed by atoms with E-state index < -0.39 is 0 Å². The fourth-order valence-electron chi connectivity index (χ4n) is 2.30. The SMILES string of the molecule is C1=Cc2nnnc3c2c1cc1ccccc13. The molecule has 0 saturated heterocycles. The lowest BCUT2D eigenvalue weighted by atomic mass is 10.0. The second kappa shape index (κ2) is 2.64. The van der Waals surface area contributed by atoms with Gasteiger partial charge in [-0.2, -0.15) is 0 Å². The van der Waals surface area contributed by atoms with E-state index in [1.807, 2.05) is 18.2 Å². The Morgan fingerprint density at radius 2 is 1.88 bits per heavy atom. The fourth-order valence-corrected chi connectivity index (χ4v) is 2.30. The fraction of sp³-hybridized carbons (Fsp3) is 0. The predicted octanol–water partition coefficient (Wildman–Crippen LogP) is 2.66. The van der Waals surface area contributed by atoms with Crippen LogP contribution in [0, 0.1) is 0 Å². The van der Waals surface area contributed by atoms with Gasteiger partial charge in [-0.1, -0.05) is 30.3 Å². The molecule has 2 aromatic carbocycles. The van der Waals surface area contributed by atoms with Gasteiger partial charge in [0.1, 0.15) is 5.52 Å². The Hall–Kier alpha value is -2.29. The molecule has 0 atom stereocenters. The Labute approximate surface area is 91.4 Å². The van der Waals surface area contributed by atoms with E-state index in [9.17, 15) is 0 Å². The van der Waals surface area contributed by atoms with Crippen molar-refractivity contribution in [2.75, 3.05) is 0 Å². The first-order valence-electron chi connectivity index (χ1n) is 5.16. The Morgan fingerprint density at radius 1 is 0.938 bits per heavy atom. The maximum absolute atomic E-state index is 4.17. The van der Waals surface area contributed by atoms with Crippen molar-refractivity contribution in [3.8, 4) is 0 Å². The number of fused-ring (bicyclic) bond motifs is 2. The Morgan fingerprint density at radius 3 is 2.88 bits per heavy atom. The van der Waals surface area contributed by atoms with Gasteiger partial charge in [-0.3, -0.25) is 0 Å². The molecule has 3 heteroatoms. The van der Waals surface area contributed by atoms with Gasteiger partial charge in [0, 0.05) is 10.8 Å². The lowest BCUT2D eigenvalue weighted by molar-refractivity contribution is 0.891. The van der Waals surface area contributed by atoms with Crippen molar-refractivity contribution in [2.24, 2.45) is 0 Å². The Balaban J connectivity index is 2.39. The summed E-state index contributed by atoms with van der Waals surface area (Å²) in [6.45, 7) is 0. The van der Waals surface area contributed by atoms with Crippen LogP contribution in [-0.2, 0) is 0 Å². The molecule has 3 nitrogen and oxygen atoms in total. The van der Waals surface area contributed by atoms with Crippen LogP contribution in [0.4, 0.5) is 0 Å². The van der Waals surface area contributed by atoms with Crippen molar-refractivity contribution in [1.29, 1.82) is 0 Å². The first kappa shape index (κ1) is 7.93. The third kappa shape index (κ3) is 0.852. The number of hydrogen-bond donors (Lipinski definition) is 0. The highest BCUT2D eigenvalue weighted by molar-refractivity contribution is 6.13. The predicted molar refractivity (Wildman–Crippen MR) is 63.8 cm³/mol. The monoisotopic (exact) mass is 205 g/mol. The number of rotatable bonds is 0. The standard InChI is InChI=1S/C13H7N3/c1-2-4-10-8(3-1)7-9-5-6-11-12(9)13(10)15-16-14-11/h1-7H. The minimum Gasteiger partial charge on any atom is -0.130 e. The highest BCUT2D eigenvalue weighted by Gasteiger charge is 2.14. The summed E-state index contributed by atoms with van der Waals surface area (Å²) in [6, 6.07) is 10.4. The summed E-state index contributed by atoms with van der Waals surface area (Å²) in [5, 5.41) is 15.5. The van der Waals surface area contributed by atoms with E-state index >= 15 is 0 Å². The van der Waals surface area contributed by atoms with E-state index in [1.54, 1.807) is 0 Å². The third-order valence-electron chi connectivity index (χ3n) is 3.03. The zero-order valence-corrected chi connectivity index (χ0v) is 8.38. The van der Waals surface area contributed by atoms with E-state index in [0.717, 1.165) is 22.0 Å². The van der Waals surface area contributed by atoms with Crippen molar-refractivity contribution in [1.82, 2.24) is 15.4 Å². The molecule has 0 fully saturated rings. The molecule has 3 aromatic rings. The van der Waals surface area contributed by atoms with Crippen LogP contribution in [0.25, 0.3) is 33.8 Å². The molecule has 0 bridgehead atoms. The van der Waals surface area contributed by atoms with Crippen molar-refractivity contribution in [2.45, 2.75) is 0 Å². The quantitative estimate of drug-likeness (QED) is 0.414. The average molecular weight is 205 g/mol. The van der Waals surface area contributed by atoms with Gasteiger partial charge in [0.25, 0.3) is 0 Å². The van der Waals surface area contributed by atoms with Gasteiger partial charge >= 0.3 is 0 Å². The van der Waals surface area contributed by atoms with Crippen molar-refractivity contribution >= 4 is 33.8 Å². The highest BCUT2D eigenvalue weighted by atomic mass is 15.3.